The zero-order valence-electron chi connectivity index (χ0n) is 11.1. The molecule has 0 aliphatic heterocycles. The van der Waals surface area contributed by atoms with Gasteiger partial charge in [-0.05, 0) is 31.5 Å². The summed E-state index contributed by atoms with van der Waals surface area (Å²) in [4.78, 5) is 2.31. The Morgan fingerprint density at radius 2 is 2.06 bits per heavy atom. The molecule has 0 spiro atoms. The van der Waals surface area contributed by atoms with Crippen molar-refractivity contribution in [3.8, 4) is 0 Å². The van der Waals surface area contributed by atoms with E-state index in [4.69, 9.17) is 10.5 Å². The van der Waals surface area contributed by atoms with Gasteiger partial charge in [0, 0.05) is 26.7 Å². The lowest BCUT2D eigenvalue weighted by molar-refractivity contribution is 0.0919. The third-order valence-electron chi connectivity index (χ3n) is 3.13. The molecule has 0 aromatic heterocycles. The molecule has 3 heteroatoms. The van der Waals surface area contributed by atoms with Crippen LogP contribution in [0.25, 0.3) is 0 Å². The van der Waals surface area contributed by atoms with Gasteiger partial charge in [0.2, 0.25) is 0 Å². The number of methoxy groups -OCH3 is 1. The Labute approximate surface area is 105 Å². The second-order valence-corrected chi connectivity index (χ2v) is 4.55. The van der Waals surface area contributed by atoms with Crippen molar-refractivity contribution in [2.45, 2.75) is 26.0 Å². The average molecular weight is 236 g/mol. The van der Waals surface area contributed by atoms with E-state index in [0.29, 0.717) is 6.54 Å². The molecular formula is C14H24N2O. The lowest BCUT2D eigenvalue weighted by Gasteiger charge is -2.20. The van der Waals surface area contributed by atoms with Gasteiger partial charge in [0.1, 0.15) is 0 Å². The van der Waals surface area contributed by atoms with Gasteiger partial charge in [0.15, 0.2) is 0 Å². The predicted octanol–water partition coefficient (Wildman–Crippen LogP) is 1.79. The van der Waals surface area contributed by atoms with Crippen molar-refractivity contribution >= 4 is 0 Å². The molecule has 0 heterocycles. The van der Waals surface area contributed by atoms with E-state index < -0.39 is 0 Å². The minimum atomic E-state index is 0.175. The van der Waals surface area contributed by atoms with Gasteiger partial charge in [-0.1, -0.05) is 24.3 Å². The van der Waals surface area contributed by atoms with Crippen molar-refractivity contribution in [3.05, 3.63) is 35.4 Å². The number of aryl methyl sites for hydroxylation is 1. The van der Waals surface area contributed by atoms with E-state index in [9.17, 15) is 0 Å². The molecule has 17 heavy (non-hydrogen) atoms. The van der Waals surface area contributed by atoms with Crippen molar-refractivity contribution in [2.24, 2.45) is 5.73 Å². The van der Waals surface area contributed by atoms with E-state index in [0.717, 1.165) is 19.5 Å². The van der Waals surface area contributed by atoms with Gasteiger partial charge in [-0.2, -0.15) is 0 Å². The quantitative estimate of drug-likeness (QED) is 0.784. The van der Waals surface area contributed by atoms with Crippen molar-refractivity contribution < 1.29 is 4.74 Å². The Bertz CT molecular complexity index is 324. The van der Waals surface area contributed by atoms with E-state index in [1.54, 1.807) is 7.11 Å². The number of rotatable bonds is 7. The summed E-state index contributed by atoms with van der Waals surface area (Å²) in [5, 5.41) is 0. The number of benzene rings is 1. The molecule has 0 aliphatic rings. The number of nitrogens with two attached hydrogens (primary N) is 1. The van der Waals surface area contributed by atoms with Gasteiger partial charge in [-0.15, -0.1) is 0 Å². The molecule has 0 fully saturated rings. The van der Waals surface area contributed by atoms with E-state index >= 15 is 0 Å². The molecule has 1 unspecified atom stereocenters. The topological polar surface area (TPSA) is 38.5 Å². The molecule has 1 atom stereocenters. The van der Waals surface area contributed by atoms with Crippen molar-refractivity contribution in [2.75, 3.05) is 27.2 Å². The minimum Gasteiger partial charge on any atom is -0.380 e. The van der Waals surface area contributed by atoms with Crippen LogP contribution in [0.3, 0.4) is 0 Å². The Kier molecular flexibility index (Phi) is 6.19. The molecule has 0 saturated carbocycles. The summed E-state index contributed by atoms with van der Waals surface area (Å²) in [6.45, 7) is 4.73. The van der Waals surface area contributed by atoms with Gasteiger partial charge in [0.05, 0.1) is 6.10 Å². The normalized spacial score (nSPS) is 13.0. The Balaban J connectivity index is 2.39. The maximum absolute atomic E-state index is 5.60. The van der Waals surface area contributed by atoms with Crippen molar-refractivity contribution in [3.63, 3.8) is 0 Å². The fourth-order valence-electron chi connectivity index (χ4n) is 1.85. The standard InChI is InChI=1S/C14H24N2O/c1-12-6-4-5-7-13(12)11-16(2)9-8-14(10-15)17-3/h4-7,14H,8-11,15H2,1-3H3. The zero-order valence-corrected chi connectivity index (χ0v) is 11.1. The second-order valence-electron chi connectivity index (χ2n) is 4.55. The predicted molar refractivity (Wildman–Crippen MR) is 72.0 cm³/mol. The fourth-order valence-corrected chi connectivity index (χ4v) is 1.85. The van der Waals surface area contributed by atoms with Crippen LogP contribution in [-0.4, -0.2) is 38.3 Å². The van der Waals surface area contributed by atoms with Crippen molar-refractivity contribution in [1.82, 2.24) is 4.90 Å². The van der Waals surface area contributed by atoms with Gasteiger partial charge < -0.3 is 15.4 Å². The molecule has 2 N–H and O–H groups in total. The van der Waals surface area contributed by atoms with Gasteiger partial charge in [-0.25, -0.2) is 0 Å². The summed E-state index contributed by atoms with van der Waals surface area (Å²) >= 11 is 0. The summed E-state index contributed by atoms with van der Waals surface area (Å²) < 4.78 is 5.27. The minimum absolute atomic E-state index is 0.175. The van der Waals surface area contributed by atoms with Crippen LogP contribution >= 0.6 is 0 Å². The first-order chi connectivity index (χ1) is 8.17. The molecule has 0 bridgehead atoms. The molecular weight excluding hydrogens is 212 g/mol. The SMILES string of the molecule is COC(CN)CCN(C)Cc1ccccc1C. The van der Waals surface area contributed by atoms with E-state index in [1.165, 1.54) is 11.1 Å². The number of hydrogen-bond acceptors (Lipinski definition) is 3. The number of ether oxygens (including phenoxy) is 1. The van der Waals surface area contributed by atoms with Crippen LogP contribution in [0.2, 0.25) is 0 Å². The third kappa shape index (κ3) is 4.86. The number of hydrogen-bond donors (Lipinski definition) is 1. The molecule has 0 aliphatic carbocycles. The van der Waals surface area contributed by atoms with Crippen LogP contribution in [0.1, 0.15) is 17.5 Å². The lowest BCUT2D eigenvalue weighted by Crippen LogP contribution is -2.28. The molecule has 1 aromatic rings. The van der Waals surface area contributed by atoms with Crippen LogP contribution in [0.4, 0.5) is 0 Å². The Hall–Kier alpha value is -0.900. The van der Waals surface area contributed by atoms with Crippen molar-refractivity contribution in [1.29, 1.82) is 0 Å². The summed E-state index contributed by atoms with van der Waals surface area (Å²) in [6.07, 6.45) is 1.16. The van der Waals surface area contributed by atoms with E-state index in [2.05, 4.69) is 43.1 Å². The summed E-state index contributed by atoms with van der Waals surface area (Å²) in [7, 11) is 3.86. The molecule has 0 saturated heterocycles. The van der Waals surface area contributed by atoms with Crippen LogP contribution in [0, 0.1) is 6.92 Å². The highest BCUT2D eigenvalue weighted by atomic mass is 16.5. The Morgan fingerprint density at radius 3 is 2.65 bits per heavy atom. The smallest absolute Gasteiger partial charge is 0.0705 e. The molecule has 3 nitrogen and oxygen atoms in total. The highest BCUT2D eigenvalue weighted by Gasteiger charge is 2.07. The molecule has 1 rings (SSSR count). The van der Waals surface area contributed by atoms with Crippen LogP contribution in [0.5, 0.6) is 0 Å². The first kappa shape index (κ1) is 14.2. The van der Waals surface area contributed by atoms with Crippen LogP contribution in [0.15, 0.2) is 24.3 Å². The Morgan fingerprint density at radius 1 is 1.35 bits per heavy atom. The maximum atomic E-state index is 5.60. The van der Waals surface area contributed by atoms with Crippen LogP contribution < -0.4 is 5.73 Å². The first-order valence-electron chi connectivity index (χ1n) is 6.13. The summed E-state index contributed by atoms with van der Waals surface area (Å²) in [5.74, 6) is 0. The van der Waals surface area contributed by atoms with E-state index in [-0.39, 0.29) is 6.10 Å². The van der Waals surface area contributed by atoms with Gasteiger partial charge in [-0.3, -0.25) is 0 Å². The largest absolute Gasteiger partial charge is 0.380 e. The molecule has 1 aromatic carbocycles. The van der Waals surface area contributed by atoms with E-state index in [1.807, 2.05) is 0 Å². The monoisotopic (exact) mass is 236 g/mol. The summed E-state index contributed by atoms with van der Waals surface area (Å²) in [6, 6.07) is 8.51. The number of nitrogens with zero attached hydrogens (tertiary/aromatic N) is 1. The molecule has 0 radical (unpaired) electrons. The summed E-state index contributed by atoms with van der Waals surface area (Å²) in [5.41, 5.74) is 8.34. The molecule has 96 valence electrons. The average Bonchev–Trinajstić information content (AvgIpc) is 2.33. The second kappa shape index (κ2) is 7.43. The van der Waals surface area contributed by atoms with Crippen LogP contribution in [-0.2, 0) is 11.3 Å². The highest BCUT2D eigenvalue weighted by molar-refractivity contribution is 5.25. The van der Waals surface area contributed by atoms with Gasteiger partial charge >= 0.3 is 0 Å². The first-order valence-corrected chi connectivity index (χ1v) is 6.13. The molecule has 0 amide bonds. The third-order valence-corrected chi connectivity index (χ3v) is 3.13. The van der Waals surface area contributed by atoms with Gasteiger partial charge in [0.25, 0.3) is 0 Å². The zero-order chi connectivity index (χ0) is 12.7. The highest BCUT2D eigenvalue weighted by Crippen LogP contribution is 2.10. The maximum Gasteiger partial charge on any atom is 0.0705 e. The lowest BCUT2D eigenvalue weighted by atomic mass is 10.1. The fraction of sp³-hybridized carbons (Fsp3) is 0.571.